The summed E-state index contributed by atoms with van der Waals surface area (Å²) in [5.74, 6) is 0. The van der Waals surface area contributed by atoms with Crippen molar-refractivity contribution in [2.24, 2.45) is 0 Å². The molecule has 0 N–H and O–H groups in total. The van der Waals surface area contributed by atoms with Gasteiger partial charge < -0.3 is 8.83 Å². The number of benzene rings is 10. The van der Waals surface area contributed by atoms with Gasteiger partial charge in [0.15, 0.2) is 0 Å². The van der Waals surface area contributed by atoms with Crippen molar-refractivity contribution in [2.45, 2.75) is 6.85 Å². The van der Waals surface area contributed by atoms with E-state index in [4.69, 9.17) is 19.8 Å². The van der Waals surface area contributed by atoms with Gasteiger partial charge in [0.05, 0.1) is 6.85 Å². The molecule has 2 heterocycles. The first-order valence-electron chi connectivity index (χ1n) is 23.6. The largest absolute Gasteiger partial charge is 0.456 e. The van der Waals surface area contributed by atoms with Gasteiger partial charge in [-0.05, 0) is 126 Å². The molecule has 0 aliphatic heterocycles. The minimum Gasteiger partial charge on any atom is -0.456 e. The molecular weight excluding hydrogens is 717 g/mol. The van der Waals surface area contributed by atoms with Gasteiger partial charge >= 0.3 is 0 Å². The predicted molar refractivity (Wildman–Crippen MR) is 248 cm³/mol. The Labute approximate surface area is 352 Å². The molecule has 59 heavy (non-hydrogen) atoms. The lowest BCUT2D eigenvalue weighted by Crippen LogP contribution is -1.93. The van der Waals surface area contributed by atoms with Gasteiger partial charge in [0.25, 0.3) is 0 Å². The molecule has 276 valence electrons. The van der Waals surface area contributed by atoms with Crippen LogP contribution in [-0.4, -0.2) is 0 Å². The summed E-state index contributed by atoms with van der Waals surface area (Å²) in [7, 11) is 0. The van der Waals surface area contributed by atoms with Crippen LogP contribution in [0.4, 0.5) is 0 Å². The molecule has 10 aromatic carbocycles. The van der Waals surface area contributed by atoms with Crippen LogP contribution in [0.2, 0.25) is 0 Å². The van der Waals surface area contributed by atoms with E-state index in [1.165, 1.54) is 0 Å². The van der Waals surface area contributed by atoms with Crippen molar-refractivity contribution in [1.82, 2.24) is 0 Å². The Kier molecular flexibility index (Phi) is 5.88. The number of rotatable bonds is 5. The van der Waals surface area contributed by atoms with Crippen molar-refractivity contribution >= 4 is 65.4 Å². The van der Waals surface area contributed by atoms with Gasteiger partial charge in [0.1, 0.15) is 22.3 Å². The van der Waals surface area contributed by atoms with Crippen LogP contribution in [0.25, 0.3) is 121 Å². The van der Waals surface area contributed by atoms with Crippen LogP contribution < -0.4 is 0 Å². The van der Waals surface area contributed by atoms with Gasteiger partial charge in [-0.25, -0.2) is 0 Å². The monoisotopic (exact) mass is 760 g/mol. The molecule has 0 saturated carbocycles. The summed E-state index contributed by atoms with van der Waals surface area (Å²) >= 11 is 0. The van der Waals surface area contributed by atoms with Crippen LogP contribution in [0.3, 0.4) is 0 Å². The van der Waals surface area contributed by atoms with Gasteiger partial charge in [0, 0.05) is 25.7 Å². The Hall–Kier alpha value is -7.68. The van der Waals surface area contributed by atoms with Crippen molar-refractivity contribution in [2.75, 3.05) is 0 Å². The zero-order valence-corrected chi connectivity index (χ0v) is 31.5. The van der Waals surface area contributed by atoms with Crippen molar-refractivity contribution in [3.8, 4) is 55.6 Å². The molecule has 0 fully saturated rings. The number of furan rings is 2. The van der Waals surface area contributed by atoms with Crippen molar-refractivity contribution in [3.63, 3.8) is 0 Å². The summed E-state index contributed by atoms with van der Waals surface area (Å²) < 4.78 is 80.3. The van der Waals surface area contributed by atoms with Crippen molar-refractivity contribution in [3.05, 3.63) is 206 Å². The van der Waals surface area contributed by atoms with E-state index in [-0.39, 0.29) is 23.2 Å². The minimum absolute atomic E-state index is 0.120. The fourth-order valence-corrected chi connectivity index (χ4v) is 9.08. The van der Waals surface area contributed by atoms with Gasteiger partial charge in [-0.15, -0.1) is 0 Å². The topological polar surface area (TPSA) is 26.3 Å². The van der Waals surface area contributed by atoms with E-state index in [2.05, 4.69) is 60.7 Å². The highest BCUT2D eigenvalue weighted by Gasteiger charge is 2.21. The maximum atomic E-state index is 8.90. The summed E-state index contributed by atoms with van der Waals surface area (Å²) in [5, 5.41) is 7.63. The third-order valence-electron chi connectivity index (χ3n) is 11.7. The second kappa shape index (κ2) is 13.2. The Morgan fingerprint density at radius 3 is 1.46 bits per heavy atom. The highest BCUT2D eigenvalue weighted by atomic mass is 16.3. The van der Waals surface area contributed by atoms with Crippen LogP contribution in [-0.2, 0) is 0 Å². The molecule has 0 aliphatic rings. The second-order valence-corrected chi connectivity index (χ2v) is 15.0. The highest BCUT2D eigenvalue weighted by molar-refractivity contribution is 6.24. The Morgan fingerprint density at radius 1 is 0.356 bits per heavy atom. The van der Waals surface area contributed by atoms with E-state index in [9.17, 15) is 0 Å². The summed E-state index contributed by atoms with van der Waals surface area (Å²) in [4.78, 5) is 0. The summed E-state index contributed by atoms with van der Waals surface area (Å²) in [5.41, 5.74) is 11.3. The summed E-state index contributed by atoms with van der Waals surface area (Å²) in [6.07, 6.45) is 0. The maximum absolute atomic E-state index is 8.90. The fraction of sp³-hybridized carbons (Fsp3) is 0.0175. The lowest BCUT2D eigenvalue weighted by molar-refractivity contribution is 0.668. The Bertz CT molecular complexity index is 4000. The Balaban J connectivity index is 1.21. The molecule has 12 aromatic rings. The molecule has 2 heteroatoms. The average molecular weight is 761 g/mol. The SMILES string of the molecule is [2H]c1c([2H])c([2H])c(-c2cccc(-c3c4ccc(-c5cccc6oc7ccccc7c56)cc4c(-c4ccc(C([2H])([2H])[2H])cc4)c4ccc(-c5cccc6oc7ccccc7c56)cc34)c2)c([2H])c1[2H]. The van der Waals surface area contributed by atoms with E-state index >= 15 is 0 Å². The lowest BCUT2D eigenvalue weighted by atomic mass is 9.83. The fourth-order valence-electron chi connectivity index (χ4n) is 9.08. The number of fused-ring (bicyclic) bond motifs is 8. The summed E-state index contributed by atoms with van der Waals surface area (Å²) in [6.45, 7) is -2.29. The van der Waals surface area contributed by atoms with Gasteiger partial charge in [-0.2, -0.15) is 0 Å². The first-order valence-corrected chi connectivity index (χ1v) is 19.6. The van der Waals surface area contributed by atoms with Crippen LogP contribution in [0.15, 0.2) is 209 Å². The molecule has 2 nitrogen and oxygen atoms in total. The molecule has 0 radical (unpaired) electrons. The highest BCUT2D eigenvalue weighted by Crippen LogP contribution is 2.48. The van der Waals surface area contributed by atoms with Gasteiger partial charge in [-0.3, -0.25) is 0 Å². The van der Waals surface area contributed by atoms with E-state index in [1.54, 1.807) is 18.2 Å². The number of hydrogen-bond donors (Lipinski definition) is 0. The quantitative estimate of drug-likeness (QED) is 0.163. The van der Waals surface area contributed by atoms with E-state index < -0.39 is 25.0 Å². The van der Waals surface area contributed by atoms with Gasteiger partial charge in [-0.1, -0.05) is 163 Å². The van der Waals surface area contributed by atoms with Crippen LogP contribution in [0, 0.1) is 6.85 Å². The van der Waals surface area contributed by atoms with E-state index in [0.717, 1.165) is 110 Å². The first kappa shape index (κ1) is 26.3. The standard InChI is InChI=1S/C57H36O2/c1-35-24-26-37(27-25-35)54-44-30-28-40(43-19-11-23-53-57(43)47-17-6-8-21-51(47)59-53)34-49(44)55(41-15-9-14-38(32-41)36-12-3-2-4-13-36)45-31-29-39(33-48(45)54)42-18-10-22-52-56(42)46-16-5-7-20-50(46)58-52/h2-34H,1H3/i1D3,2D,3D,4D,12D,13D. The van der Waals surface area contributed by atoms with Crippen LogP contribution in [0.1, 0.15) is 16.5 Å². The smallest absolute Gasteiger partial charge is 0.136 e. The van der Waals surface area contributed by atoms with Crippen LogP contribution in [0.5, 0.6) is 0 Å². The van der Waals surface area contributed by atoms with E-state index in [1.807, 2.05) is 91.0 Å². The Morgan fingerprint density at radius 2 is 0.864 bits per heavy atom. The number of para-hydroxylation sites is 2. The summed E-state index contributed by atoms with van der Waals surface area (Å²) in [6, 6.07) is 54.0. The maximum Gasteiger partial charge on any atom is 0.136 e. The minimum atomic E-state index is -2.29. The lowest BCUT2D eigenvalue weighted by Gasteiger charge is -2.20. The molecule has 0 bridgehead atoms. The normalized spacial score (nSPS) is 14.0. The molecule has 12 rings (SSSR count). The van der Waals surface area contributed by atoms with E-state index in [0.29, 0.717) is 5.56 Å². The molecule has 0 saturated heterocycles. The van der Waals surface area contributed by atoms with Crippen molar-refractivity contribution < 1.29 is 19.8 Å². The molecule has 0 atom stereocenters. The third-order valence-corrected chi connectivity index (χ3v) is 11.7. The number of hydrogen-bond acceptors (Lipinski definition) is 2. The molecule has 0 amide bonds. The molecule has 0 unspecified atom stereocenters. The van der Waals surface area contributed by atoms with Crippen molar-refractivity contribution in [1.29, 1.82) is 0 Å². The van der Waals surface area contributed by atoms with Gasteiger partial charge in [0.2, 0.25) is 0 Å². The van der Waals surface area contributed by atoms with Crippen LogP contribution >= 0.6 is 0 Å². The third kappa shape index (κ3) is 5.34. The molecule has 0 spiro atoms. The predicted octanol–water partition coefficient (Wildman–Crippen LogP) is 16.4. The molecule has 2 aromatic heterocycles. The second-order valence-electron chi connectivity index (χ2n) is 15.0. The molecule has 0 aliphatic carbocycles. The first-order chi connectivity index (χ1) is 32.4. The average Bonchev–Trinajstić information content (AvgIpc) is 3.93. The zero-order chi connectivity index (χ0) is 45.9. The molecular formula is C57H36O2. The number of aryl methyl sites for hydroxylation is 1. The zero-order valence-electron chi connectivity index (χ0n) is 39.5.